The first-order chi connectivity index (χ1) is 11.7. The molecule has 1 N–H and O–H groups in total. The molecule has 1 amide bonds. The molecule has 1 saturated carbocycles. The van der Waals surface area contributed by atoms with Gasteiger partial charge in [-0.3, -0.25) is 14.5 Å². The summed E-state index contributed by atoms with van der Waals surface area (Å²) in [5, 5.41) is 11.2. The van der Waals surface area contributed by atoms with Crippen molar-refractivity contribution in [1.29, 1.82) is 0 Å². The van der Waals surface area contributed by atoms with E-state index in [4.69, 9.17) is 0 Å². The molecule has 7 heteroatoms. The Morgan fingerprint density at radius 1 is 1.50 bits per heavy atom. The summed E-state index contributed by atoms with van der Waals surface area (Å²) in [5.74, 6) is -0.726. The Hall–Kier alpha value is -2.57. The monoisotopic (exact) mass is 329 g/mol. The van der Waals surface area contributed by atoms with E-state index in [1.807, 2.05) is 25.3 Å². The van der Waals surface area contributed by atoms with E-state index in [2.05, 4.69) is 20.6 Å². The highest BCUT2D eigenvalue weighted by Crippen LogP contribution is 2.27. The van der Waals surface area contributed by atoms with Gasteiger partial charge in [0.05, 0.1) is 18.0 Å². The molecule has 0 radical (unpaired) electrons. The van der Waals surface area contributed by atoms with E-state index in [0.29, 0.717) is 6.54 Å². The number of hydrogen-bond acceptors (Lipinski definition) is 4. The predicted octanol–water partition coefficient (Wildman–Crippen LogP) is 2.44. The van der Waals surface area contributed by atoms with Gasteiger partial charge in [-0.05, 0) is 37.8 Å². The van der Waals surface area contributed by atoms with Gasteiger partial charge in [-0.2, -0.15) is 0 Å². The fraction of sp³-hybridized carbons (Fsp3) is 0.412. The number of nitrogens with zero attached hydrogens (tertiary/aromatic N) is 4. The van der Waals surface area contributed by atoms with Crippen molar-refractivity contribution in [3.63, 3.8) is 0 Å². The van der Waals surface area contributed by atoms with Crippen LogP contribution in [0.3, 0.4) is 0 Å². The lowest BCUT2D eigenvalue weighted by Crippen LogP contribution is -2.39. The molecule has 2 aromatic heterocycles. The molecule has 2 aromatic rings. The molecule has 0 aliphatic heterocycles. The van der Waals surface area contributed by atoms with Gasteiger partial charge in [-0.15, -0.1) is 5.10 Å². The number of hydrogen-bond donors (Lipinski definition) is 1. The third kappa shape index (κ3) is 3.67. The molecular formula is C17H20FN5O. The van der Waals surface area contributed by atoms with Crippen LogP contribution in [0.2, 0.25) is 0 Å². The summed E-state index contributed by atoms with van der Waals surface area (Å²) in [6, 6.07) is 1.41. The number of carbonyl (C=O) groups excluding carboxylic acids is 1. The quantitative estimate of drug-likeness (QED) is 0.914. The van der Waals surface area contributed by atoms with Crippen LogP contribution >= 0.6 is 0 Å². The highest BCUT2D eigenvalue weighted by molar-refractivity contribution is 5.94. The summed E-state index contributed by atoms with van der Waals surface area (Å²) in [5.41, 5.74) is 0.849. The molecule has 0 aromatic carbocycles. The van der Waals surface area contributed by atoms with E-state index in [-0.39, 0.29) is 23.4 Å². The summed E-state index contributed by atoms with van der Waals surface area (Å²) in [4.78, 5) is 16.0. The van der Waals surface area contributed by atoms with Crippen molar-refractivity contribution in [1.82, 2.24) is 25.3 Å². The number of nitrogens with one attached hydrogen (secondary N) is 1. The lowest BCUT2D eigenvalue weighted by molar-refractivity contribution is 0.0920. The first kappa shape index (κ1) is 16.3. The van der Waals surface area contributed by atoms with Crippen LogP contribution in [0.1, 0.15) is 42.2 Å². The minimum absolute atomic E-state index is 0.0134. The molecule has 0 saturated heterocycles. The van der Waals surface area contributed by atoms with Crippen molar-refractivity contribution >= 4 is 12.0 Å². The Bertz CT molecular complexity index is 742. The van der Waals surface area contributed by atoms with E-state index in [1.54, 1.807) is 4.68 Å². The second-order valence-corrected chi connectivity index (χ2v) is 5.99. The van der Waals surface area contributed by atoms with E-state index in [9.17, 15) is 9.18 Å². The van der Waals surface area contributed by atoms with Crippen LogP contribution in [0.4, 0.5) is 4.39 Å². The molecule has 0 bridgehead atoms. The van der Waals surface area contributed by atoms with Crippen LogP contribution in [0.25, 0.3) is 6.08 Å². The van der Waals surface area contributed by atoms with Crippen molar-refractivity contribution in [3.05, 3.63) is 47.8 Å². The lowest BCUT2D eigenvalue weighted by atomic mass is 10.0. The normalized spacial score (nSPS) is 20.6. The number of pyridine rings is 1. The maximum Gasteiger partial charge on any atom is 0.254 e. The van der Waals surface area contributed by atoms with Gasteiger partial charge < -0.3 is 5.32 Å². The Labute approximate surface area is 139 Å². The molecule has 126 valence electrons. The fourth-order valence-electron chi connectivity index (χ4n) is 3.14. The second-order valence-electron chi connectivity index (χ2n) is 5.99. The molecule has 2 atom stereocenters. The SMILES string of the molecule is C/C=C/c1cn(C[C@@H]2CCC[C@@H]2NC(=O)c2ccncc2F)nn1. The van der Waals surface area contributed by atoms with Gasteiger partial charge >= 0.3 is 0 Å². The van der Waals surface area contributed by atoms with Crippen LogP contribution in [-0.2, 0) is 6.54 Å². The number of amides is 1. The Kier molecular flexibility index (Phi) is 4.98. The van der Waals surface area contributed by atoms with Gasteiger partial charge in [0.25, 0.3) is 5.91 Å². The smallest absolute Gasteiger partial charge is 0.254 e. The third-order valence-electron chi connectivity index (χ3n) is 4.31. The molecule has 0 spiro atoms. The number of aromatic nitrogens is 4. The second kappa shape index (κ2) is 7.33. The van der Waals surface area contributed by atoms with E-state index in [1.165, 1.54) is 12.3 Å². The molecule has 1 aliphatic rings. The van der Waals surface area contributed by atoms with Gasteiger partial charge in [0.1, 0.15) is 5.69 Å². The summed E-state index contributed by atoms with van der Waals surface area (Å²) in [7, 11) is 0. The van der Waals surface area contributed by atoms with Crippen LogP contribution in [0, 0.1) is 11.7 Å². The molecule has 3 rings (SSSR count). The van der Waals surface area contributed by atoms with Gasteiger partial charge in [0.15, 0.2) is 5.82 Å². The topological polar surface area (TPSA) is 72.7 Å². The average Bonchev–Trinajstić information content (AvgIpc) is 3.18. The zero-order chi connectivity index (χ0) is 16.9. The molecule has 1 fully saturated rings. The molecular weight excluding hydrogens is 309 g/mol. The standard InChI is InChI=1S/C17H20FN5O/c1-2-4-13-11-23(22-21-13)10-12-5-3-6-16(12)20-17(24)14-7-8-19-9-15(14)18/h2,4,7-9,11-12,16H,3,5-6,10H2,1H3,(H,20,24)/b4-2+/t12-,16-/m0/s1. The average molecular weight is 329 g/mol. The zero-order valence-electron chi connectivity index (χ0n) is 13.5. The van der Waals surface area contributed by atoms with Crippen LogP contribution in [0.5, 0.6) is 0 Å². The maximum absolute atomic E-state index is 13.7. The zero-order valence-corrected chi connectivity index (χ0v) is 13.5. The first-order valence-electron chi connectivity index (χ1n) is 8.10. The molecule has 0 unspecified atom stereocenters. The van der Waals surface area contributed by atoms with Gasteiger partial charge in [-0.1, -0.05) is 17.7 Å². The number of allylic oxidation sites excluding steroid dienone is 1. The molecule has 6 nitrogen and oxygen atoms in total. The van der Waals surface area contributed by atoms with Crippen molar-refractivity contribution in [2.75, 3.05) is 0 Å². The number of rotatable bonds is 5. The largest absolute Gasteiger partial charge is 0.349 e. The first-order valence-corrected chi connectivity index (χ1v) is 8.10. The van der Waals surface area contributed by atoms with Crippen LogP contribution in [0.15, 0.2) is 30.7 Å². The van der Waals surface area contributed by atoms with Crippen molar-refractivity contribution in [2.24, 2.45) is 5.92 Å². The van der Waals surface area contributed by atoms with Crippen molar-refractivity contribution < 1.29 is 9.18 Å². The van der Waals surface area contributed by atoms with Gasteiger partial charge in [0, 0.05) is 18.8 Å². The van der Waals surface area contributed by atoms with E-state index >= 15 is 0 Å². The summed E-state index contributed by atoms with van der Waals surface area (Å²) in [6.07, 6.45) is 11.1. The van der Waals surface area contributed by atoms with E-state index < -0.39 is 5.82 Å². The van der Waals surface area contributed by atoms with Gasteiger partial charge in [0.2, 0.25) is 0 Å². The minimum atomic E-state index is -0.600. The van der Waals surface area contributed by atoms with Crippen LogP contribution < -0.4 is 5.32 Å². The van der Waals surface area contributed by atoms with Crippen LogP contribution in [-0.4, -0.2) is 31.9 Å². The number of halogens is 1. The molecule has 24 heavy (non-hydrogen) atoms. The Morgan fingerprint density at radius 2 is 2.38 bits per heavy atom. The number of carbonyl (C=O) groups is 1. The highest BCUT2D eigenvalue weighted by atomic mass is 19.1. The third-order valence-corrected chi connectivity index (χ3v) is 4.31. The van der Waals surface area contributed by atoms with Crippen molar-refractivity contribution in [2.45, 2.75) is 38.8 Å². The predicted molar refractivity (Wildman–Crippen MR) is 87.5 cm³/mol. The van der Waals surface area contributed by atoms with E-state index in [0.717, 1.165) is 31.2 Å². The minimum Gasteiger partial charge on any atom is -0.349 e. The van der Waals surface area contributed by atoms with Crippen molar-refractivity contribution in [3.8, 4) is 0 Å². The summed E-state index contributed by atoms with van der Waals surface area (Å²) in [6.45, 7) is 2.62. The lowest BCUT2D eigenvalue weighted by Gasteiger charge is -2.21. The summed E-state index contributed by atoms with van der Waals surface area (Å²) >= 11 is 0. The Balaban J connectivity index is 1.64. The van der Waals surface area contributed by atoms with Gasteiger partial charge in [-0.25, -0.2) is 4.39 Å². The molecule has 1 aliphatic carbocycles. The molecule has 2 heterocycles. The maximum atomic E-state index is 13.7. The Morgan fingerprint density at radius 3 is 3.17 bits per heavy atom. The highest BCUT2D eigenvalue weighted by Gasteiger charge is 2.30. The summed E-state index contributed by atoms with van der Waals surface area (Å²) < 4.78 is 15.5. The fourth-order valence-corrected chi connectivity index (χ4v) is 3.14.